The van der Waals surface area contributed by atoms with E-state index in [1.54, 1.807) is 17.9 Å². The Balaban J connectivity index is 1.49. The number of benzene rings is 2. The first-order valence-corrected chi connectivity index (χ1v) is 11.5. The molecule has 0 saturated heterocycles. The maximum absolute atomic E-state index is 13.1. The second kappa shape index (κ2) is 8.65. The number of amides is 2. The second-order valence-corrected chi connectivity index (χ2v) is 8.90. The van der Waals surface area contributed by atoms with Crippen LogP contribution in [0.25, 0.3) is 21.7 Å². The number of nitrogens with one attached hydrogen (secondary N) is 1. The van der Waals surface area contributed by atoms with Crippen LogP contribution in [0.1, 0.15) is 33.3 Å². The molecule has 0 fully saturated rings. The van der Waals surface area contributed by atoms with Crippen LogP contribution in [0.3, 0.4) is 0 Å². The molecule has 9 heteroatoms. The van der Waals surface area contributed by atoms with E-state index in [0.717, 1.165) is 21.2 Å². The number of carbonyl (C=O) groups is 2. The molecule has 2 aromatic carbocycles. The third-order valence-corrected chi connectivity index (χ3v) is 6.94. The largest absolute Gasteiger partial charge is 0.450 e. The summed E-state index contributed by atoms with van der Waals surface area (Å²) < 4.78 is 10.5. The fourth-order valence-electron chi connectivity index (χ4n) is 4.18. The highest BCUT2D eigenvalue weighted by atomic mass is 32.1. The fraction of sp³-hybridized carbons (Fsp3) is 0.200. The third kappa shape index (κ3) is 3.68. The molecule has 0 unspecified atom stereocenters. The molecule has 0 radical (unpaired) electrons. The van der Waals surface area contributed by atoms with Gasteiger partial charge in [-0.15, -0.1) is 11.3 Å². The molecule has 0 saturated carbocycles. The lowest BCUT2D eigenvalue weighted by Gasteiger charge is -2.25. The van der Waals surface area contributed by atoms with E-state index >= 15 is 0 Å². The van der Waals surface area contributed by atoms with Gasteiger partial charge in [0.1, 0.15) is 22.2 Å². The van der Waals surface area contributed by atoms with Crippen LogP contribution in [0.15, 0.2) is 51.7 Å². The zero-order valence-corrected chi connectivity index (χ0v) is 19.0. The average Bonchev–Trinajstić information content (AvgIpc) is 3.19. The zero-order chi connectivity index (χ0) is 23.8. The molecule has 0 atom stereocenters. The standard InChI is InChI=1S/C25H19N3O5S/c1-2-32-25(31)28-10-9-16-19(12-26)23(34-21(16)13-28)27-22(29)18-11-17-15-6-4-3-5-14(15)7-8-20(17)33-24(18)30/h3-8,11H,2,9-10,13H2,1H3,(H,27,29). The number of fused-ring (bicyclic) bond motifs is 4. The van der Waals surface area contributed by atoms with E-state index < -0.39 is 17.6 Å². The van der Waals surface area contributed by atoms with Crippen molar-refractivity contribution in [3.05, 3.63) is 74.5 Å². The molecule has 34 heavy (non-hydrogen) atoms. The van der Waals surface area contributed by atoms with Crippen LogP contribution in [0, 0.1) is 11.3 Å². The molecule has 1 N–H and O–H groups in total. The molecule has 3 heterocycles. The van der Waals surface area contributed by atoms with Crippen molar-refractivity contribution in [2.75, 3.05) is 18.5 Å². The summed E-state index contributed by atoms with van der Waals surface area (Å²) in [4.78, 5) is 40.2. The third-order valence-electron chi connectivity index (χ3n) is 5.81. The van der Waals surface area contributed by atoms with Crippen molar-refractivity contribution >= 4 is 50.1 Å². The molecular formula is C25H19N3O5S. The van der Waals surface area contributed by atoms with E-state index in [-0.39, 0.29) is 12.2 Å². The van der Waals surface area contributed by atoms with Gasteiger partial charge in [-0.05, 0) is 41.8 Å². The summed E-state index contributed by atoms with van der Waals surface area (Å²) in [5, 5.41) is 15.3. The summed E-state index contributed by atoms with van der Waals surface area (Å²) in [5.74, 6) is -0.652. The topological polar surface area (TPSA) is 113 Å². The summed E-state index contributed by atoms with van der Waals surface area (Å²) >= 11 is 1.22. The predicted molar refractivity (Wildman–Crippen MR) is 128 cm³/mol. The molecular weight excluding hydrogens is 454 g/mol. The highest BCUT2D eigenvalue weighted by molar-refractivity contribution is 7.16. The van der Waals surface area contributed by atoms with Crippen molar-refractivity contribution in [2.24, 2.45) is 0 Å². The number of carbonyl (C=O) groups excluding carboxylic acids is 2. The van der Waals surface area contributed by atoms with Crippen LogP contribution in [0.4, 0.5) is 9.80 Å². The Bertz CT molecular complexity index is 1560. The van der Waals surface area contributed by atoms with Crippen molar-refractivity contribution in [1.29, 1.82) is 5.26 Å². The van der Waals surface area contributed by atoms with Crippen molar-refractivity contribution in [3.8, 4) is 6.07 Å². The Morgan fingerprint density at radius 1 is 1.24 bits per heavy atom. The van der Waals surface area contributed by atoms with Crippen molar-refractivity contribution in [3.63, 3.8) is 0 Å². The van der Waals surface area contributed by atoms with Crippen LogP contribution >= 0.6 is 11.3 Å². The molecule has 0 spiro atoms. The molecule has 0 bridgehead atoms. The Morgan fingerprint density at radius 3 is 2.85 bits per heavy atom. The molecule has 4 aromatic rings. The first kappa shape index (κ1) is 21.7. The minimum absolute atomic E-state index is 0.146. The van der Waals surface area contributed by atoms with Gasteiger partial charge in [-0.1, -0.05) is 30.3 Å². The Kier molecular flexibility index (Phi) is 5.51. The van der Waals surface area contributed by atoms with Gasteiger partial charge in [0, 0.05) is 16.8 Å². The SMILES string of the molecule is CCOC(=O)N1CCc2c(sc(NC(=O)c3cc4c(ccc5ccccc54)oc3=O)c2C#N)C1. The number of nitrogens with zero attached hydrogens (tertiary/aromatic N) is 2. The zero-order valence-electron chi connectivity index (χ0n) is 18.2. The Hall–Kier alpha value is -4.16. The van der Waals surface area contributed by atoms with E-state index in [4.69, 9.17) is 9.15 Å². The summed E-state index contributed by atoms with van der Waals surface area (Å²) in [5.41, 5.74) is 0.650. The van der Waals surface area contributed by atoms with Crippen LogP contribution in [0.5, 0.6) is 0 Å². The average molecular weight is 474 g/mol. The maximum atomic E-state index is 13.1. The number of anilines is 1. The first-order valence-electron chi connectivity index (χ1n) is 10.7. The molecule has 8 nitrogen and oxygen atoms in total. The van der Waals surface area contributed by atoms with Gasteiger partial charge in [0.05, 0.1) is 18.7 Å². The molecule has 5 rings (SSSR count). The molecule has 1 aliphatic heterocycles. The monoisotopic (exact) mass is 473 g/mol. The van der Waals surface area contributed by atoms with Crippen LogP contribution in [0.2, 0.25) is 0 Å². The Labute approximate surface area is 198 Å². The second-order valence-electron chi connectivity index (χ2n) is 7.79. The molecule has 2 aromatic heterocycles. The van der Waals surface area contributed by atoms with Crippen LogP contribution < -0.4 is 10.9 Å². The van der Waals surface area contributed by atoms with E-state index in [0.29, 0.717) is 41.0 Å². The lowest BCUT2D eigenvalue weighted by atomic mass is 10.0. The van der Waals surface area contributed by atoms with Crippen molar-refractivity contribution in [2.45, 2.75) is 19.9 Å². The number of hydrogen-bond acceptors (Lipinski definition) is 7. The van der Waals surface area contributed by atoms with Crippen LogP contribution in [-0.2, 0) is 17.7 Å². The van der Waals surface area contributed by atoms with Gasteiger partial charge in [-0.3, -0.25) is 4.79 Å². The van der Waals surface area contributed by atoms with Crippen molar-refractivity contribution < 1.29 is 18.7 Å². The molecule has 1 aliphatic rings. The van der Waals surface area contributed by atoms with Gasteiger partial charge in [0.25, 0.3) is 5.91 Å². The van der Waals surface area contributed by atoms with Crippen molar-refractivity contribution in [1.82, 2.24) is 4.90 Å². The number of ether oxygens (including phenoxy) is 1. The summed E-state index contributed by atoms with van der Waals surface area (Å²) in [6.07, 6.45) is 0.0692. The maximum Gasteiger partial charge on any atom is 0.410 e. The predicted octanol–water partition coefficient (Wildman–Crippen LogP) is 4.65. The minimum Gasteiger partial charge on any atom is -0.450 e. The number of hydrogen-bond donors (Lipinski definition) is 1. The number of nitriles is 1. The van der Waals surface area contributed by atoms with Gasteiger partial charge in [0.2, 0.25) is 0 Å². The highest BCUT2D eigenvalue weighted by Gasteiger charge is 2.28. The van der Waals surface area contributed by atoms with E-state index in [9.17, 15) is 19.6 Å². The summed E-state index contributed by atoms with van der Waals surface area (Å²) in [6.45, 7) is 2.74. The lowest BCUT2D eigenvalue weighted by molar-refractivity contribution is 0.102. The van der Waals surface area contributed by atoms with Crippen LogP contribution in [-0.4, -0.2) is 30.1 Å². The molecule has 2 amide bonds. The number of rotatable bonds is 3. The van der Waals surface area contributed by atoms with Gasteiger partial charge < -0.3 is 19.4 Å². The van der Waals surface area contributed by atoms with Gasteiger partial charge in [-0.2, -0.15) is 5.26 Å². The highest BCUT2D eigenvalue weighted by Crippen LogP contribution is 2.37. The first-order chi connectivity index (χ1) is 16.5. The van der Waals surface area contributed by atoms with E-state index in [1.807, 2.05) is 30.3 Å². The van der Waals surface area contributed by atoms with Gasteiger partial charge in [-0.25, -0.2) is 9.59 Å². The van der Waals surface area contributed by atoms with E-state index in [2.05, 4.69) is 11.4 Å². The quantitative estimate of drug-likeness (QED) is 0.342. The minimum atomic E-state index is -0.756. The van der Waals surface area contributed by atoms with Gasteiger partial charge in [0.15, 0.2) is 0 Å². The Morgan fingerprint density at radius 2 is 2.06 bits per heavy atom. The fourth-order valence-corrected chi connectivity index (χ4v) is 5.39. The van der Waals surface area contributed by atoms with Gasteiger partial charge >= 0.3 is 11.7 Å². The summed E-state index contributed by atoms with van der Waals surface area (Å²) in [7, 11) is 0. The normalized spacial score (nSPS) is 12.9. The number of thiophene rings is 1. The molecule has 0 aliphatic carbocycles. The van der Waals surface area contributed by atoms with E-state index in [1.165, 1.54) is 17.4 Å². The molecule has 170 valence electrons. The smallest absolute Gasteiger partial charge is 0.410 e. The summed E-state index contributed by atoms with van der Waals surface area (Å²) in [6, 6.07) is 14.9. The lowest BCUT2D eigenvalue weighted by Crippen LogP contribution is -2.35.